The fourth-order valence-electron chi connectivity index (χ4n) is 4.00. The Balaban J connectivity index is 1.57. The molecule has 0 aliphatic rings. The highest BCUT2D eigenvalue weighted by Gasteiger charge is 2.13. The van der Waals surface area contributed by atoms with E-state index in [0.717, 1.165) is 56.8 Å². The Labute approximate surface area is 196 Å². The van der Waals surface area contributed by atoms with Gasteiger partial charge in [0, 0.05) is 24.0 Å². The number of aromatic nitrogens is 4. The Morgan fingerprint density at radius 3 is 2.09 bits per heavy atom. The zero-order chi connectivity index (χ0) is 21.9. The SMILES string of the molecule is CCCCc1nnc(-c2ccc3ccc4c(-c5nnc(CCCC)s5)cccc4c3c2)s1. The third-order valence-corrected chi connectivity index (χ3v) is 7.83. The number of benzene rings is 3. The molecule has 2 heterocycles. The van der Waals surface area contributed by atoms with Crippen LogP contribution in [0.4, 0.5) is 0 Å². The zero-order valence-corrected chi connectivity index (χ0v) is 20.1. The van der Waals surface area contributed by atoms with Gasteiger partial charge in [0.1, 0.15) is 20.0 Å². The van der Waals surface area contributed by atoms with Crippen LogP contribution in [0.1, 0.15) is 49.5 Å². The fraction of sp³-hybridized carbons (Fsp3) is 0.308. The molecule has 0 unspecified atom stereocenters. The first kappa shape index (κ1) is 21.2. The number of rotatable bonds is 8. The third-order valence-electron chi connectivity index (χ3n) is 5.78. The smallest absolute Gasteiger partial charge is 0.143 e. The van der Waals surface area contributed by atoms with Crippen LogP contribution in [0.5, 0.6) is 0 Å². The molecule has 0 N–H and O–H groups in total. The molecule has 0 atom stereocenters. The zero-order valence-electron chi connectivity index (χ0n) is 18.5. The maximum Gasteiger partial charge on any atom is 0.148 e. The van der Waals surface area contributed by atoms with Gasteiger partial charge in [-0.05, 0) is 40.5 Å². The fourth-order valence-corrected chi connectivity index (χ4v) is 5.80. The summed E-state index contributed by atoms with van der Waals surface area (Å²) in [5, 5.41) is 27.0. The van der Waals surface area contributed by atoms with E-state index in [1.54, 1.807) is 22.7 Å². The van der Waals surface area contributed by atoms with Gasteiger partial charge in [0.25, 0.3) is 0 Å². The van der Waals surface area contributed by atoms with Crippen LogP contribution in [-0.2, 0) is 12.8 Å². The van der Waals surface area contributed by atoms with Crippen LogP contribution in [0.25, 0.3) is 42.7 Å². The molecule has 0 aliphatic carbocycles. The van der Waals surface area contributed by atoms with Crippen molar-refractivity contribution in [1.82, 2.24) is 20.4 Å². The summed E-state index contributed by atoms with van der Waals surface area (Å²) in [7, 11) is 0. The van der Waals surface area contributed by atoms with Crippen LogP contribution in [0, 0.1) is 0 Å². The van der Waals surface area contributed by atoms with E-state index in [9.17, 15) is 0 Å². The normalized spacial score (nSPS) is 11.6. The monoisotopic (exact) mass is 458 g/mol. The van der Waals surface area contributed by atoms with Gasteiger partial charge >= 0.3 is 0 Å². The molecule has 32 heavy (non-hydrogen) atoms. The van der Waals surface area contributed by atoms with Crippen molar-refractivity contribution < 1.29 is 0 Å². The Morgan fingerprint density at radius 2 is 1.34 bits per heavy atom. The van der Waals surface area contributed by atoms with E-state index in [0.29, 0.717) is 0 Å². The van der Waals surface area contributed by atoms with Crippen molar-refractivity contribution in [3.63, 3.8) is 0 Å². The van der Waals surface area contributed by atoms with E-state index >= 15 is 0 Å². The van der Waals surface area contributed by atoms with Gasteiger partial charge in [0.05, 0.1) is 0 Å². The summed E-state index contributed by atoms with van der Waals surface area (Å²) in [6.07, 6.45) is 6.68. The lowest BCUT2D eigenvalue weighted by Gasteiger charge is -2.08. The molecule has 4 nitrogen and oxygen atoms in total. The predicted octanol–water partition coefficient (Wildman–Crippen LogP) is 7.72. The molecule has 0 radical (unpaired) electrons. The molecule has 5 rings (SSSR count). The molecular formula is C26H26N4S2. The number of hydrogen-bond acceptors (Lipinski definition) is 6. The molecule has 0 aliphatic heterocycles. The highest BCUT2D eigenvalue weighted by molar-refractivity contribution is 7.15. The van der Waals surface area contributed by atoms with Crippen LogP contribution in [0.15, 0.2) is 48.5 Å². The molecule has 162 valence electrons. The van der Waals surface area contributed by atoms with Gasteiger partial charge in [-0.25, -0.2) is 0 Å². The van der Waals surface area contributed by atoms with E-state index in [1.165, 1.54) is 34.4 Å². The van der Waals surface area contributed by atoms with Gasteiger partial charge < -0.3 is 0 Å². The lowest BCUT2D eigenvalue weighted by molar-refractivity contribution is 0.780. The van der Waals surface area contributed by atoms with Gasteiger partial charge in [0.2, 0.25) is 0 Å². The first-order valence-corrected chi connectivity index (χ1v) is 13.0. The molecule has 0 amide bonds. The Bertz CT molecular complexity index is 1370. The van der Waals surface area contributed by atoms with Gasteiger partial charge in [-0.1, -0.05) is 91.8 Å². The maximum atomic E-state index is 4.51. The van der Waals surface area contributed by atoms with Crippen molar-refractivity contribution in [1.29, 1.82) is 0 Å². The van der Waals surface area contributed by atoms with E-state index in [1.807, 2.05) is 0 Å². The second-order valence-electron chi connectivity index (χ2n) is 8.11. The quantitative estimate of drug-likeness (QED) is 0.223. The number of fused-ring (bicyclic) bond motifs is 3. The highest BCUT2D eigenvalue weighted by Crippen LogP contribution is 2.36. The van der Waals surface area contributed by atoms with Crippen LogP contribution in [0.2, 0.25) is 0 Å². The molecule has 0 fully saturated rings. The summed E-state index contributed by atoms with van der Waals surface area (Å²) in [4.78, 5) is 0. The predicted molar refractivity (Wildman–Crippen MR) is 136 cm³/mol. The minimum absolute atomic E-state index is 0.996. The van der Waals surface area contributed by atoms with Crippen molar-refractivity contribution in [2.24, 2.45) is 0 Å². The summed E-state index contributed by atoms with van der Waals surface area (Å²) < 4.78 is 0. The van der Waals surface area contributed by atoms with Gasteiger partial charge in [-0.3, -0.25) is 0 Å². The lowest BCUT2D eigenvalue weighted by atomic mass is 9.97. The molecule has 0 saturated heterocycles. The van der Waals surface area contributed by atoms with E-state index in [-0.39, 0.29) is 0 Å². The van der Waals surface area contributed by atoms with E-state index in [4.69, 9.17) is 0 Å². The Hall–Kier alpha value is -2.70. The number of unbranched alkanes of at least 4 members (excludes halogenated alkanes) is 2. The number of hydrogen-bond donors (Lipinski definition) is 0. The Kier molecular flexibility index (Phi) is 6.23. The van der Waals surface area contributed by atoms with Crippen molar-refractivity contribution >= 4 is 44.2 Å². The van der Waals surface area contributed by atoms with Crippen LogP contribution in [0.3, 0.4) is 0 Å². The largest absolute Gasteiger partial charge is 0.148 e. The first-order chi connectivity index (χ1) is 15.8. The average molecular weight is 459 g/mol. The van der Waals surface area contributed by atoms with E-state index in [2.05, 4.69) is 82.8 Å². The summed E-state index contributed by atoms with van der Waals surface area (Å²) >= 11 is 3.43. The molecule has 6 heteroatoms. The van der Waals surface area contributed by atoms with Gasteiger partial charge in [0.15, 0.2) is 0 Å². The summed E-state index contributed by atoms with van der Waals surface area (Å²) in [6, 6.07) is 17.5. The van der Waals surface area contributed by atoms with Crippen LogP contribution < -0.4 is 0 Å². The minimum atomic E-state index is 0.996. The summed E-state index contributed by atoms with van der Waals surface area (Å²) in [6.45, 7) is 4.41. The highest BCUT2D eigenvalue weighted by atomic mass is 32.1. The molecule has 0 saturated carbocycles. The molecular weight excluding hydrogens is 432 g/mol. The maximum absolute atomic E-state index is 4.51. The number of nitrogens with zero attached hydrogens (tertiary/aromatic N) is 4. The van der Waals surface area contributed by atoms with Crippen molar-refractivity contribution in [2.75, 3.05) is 0 Å². The van der Waals surface area contributed by atoms with Crippen LogP contribution >= 0.6 is 22.7 Å². The first-order valence-electron chi connectivity index (χ1n) is 11.4. The van der Waals surface area contributed by atoms with Gasteiger partial charge in [-0.15, -0.1) is 20.4 Å². The van der Waals surface area contributed by atoms with Crippen LogP contribution in [-0.4, -0.2) is 20.4 Å². The van der Waals surface area contributed by atoms with Crippen molar-refractivity contribution in [3.05, 3.63) is 58.5 Å². The van der Waals surface area contributed by atoms with Crippen molar-refractivity contribution in [2.45, 2.75) is 52.4 Å². The standard InChI is InChI=1S/C26H26N4S2/c1-3-5-10-23-27-29-25(31-23)18-13-12-17-14-15-20-19(22(17)16-18)8-7-9-21(20)26-30-28-24(32-26)11-6-4-2/h7-9,12-16H,3-6,10-11H2,1-2H3. The summed E-state index contributed by atoms with van der Waals surface area (Å²) in [5.74, 6) is 0. The lowest BCUT2D eigenvalue weighted by Crippen LogP contribution is -1.85. The van der Waals surface area contributed by atoms with E-state index < -0.39 is 0 Å². The third kappa shape index (κ3) is 4.17. The molecule has 2 aromatic heterocycles. The Morgan fingerprint density at radius 1 is 0.656 bits per heavy atom. The second kappa shape index (κ2) is 9.43. The summed E-state index contributed by atoms with van der Waals surface area (Å²) in [5.41, 5.74) is 2.29. The molecule has 0 bridgehead atoms. The topological polar surface area (TPSA) is 51.6 Å². The number of aryl methyl sites for hydroxylation is 2. The molecule has 3 aromatic carbocycles. The van der Waals surface area contributed by atoms with Crippen molar-refractivity contribution in [3.8, 4) is 21.1 Å². The molecule has 0 spiro atoms. The second-order valence-corrected chi connectivity index (χ2v) is 10.2. The van der Waals surface area contributed by atoms with Gasteiger partial charge in [-0.2, -0.15) is 0 Å². The molecule has 5 aromatic rings. The average Bonchev–Trinajstić information content (AvgIpc) is 3.50. The minimum Gasteiger partial charge on any atom is -0.143 e.